The highest BCUT2D eigenvalue weighted by molar-refractivity contribution is 9.10. The lowest BCUT2D eigenvalue weighted by molar-refractivity contribution is 0.675. The maximum Gasteiger partial charge on any atom is 0.0510 e. The van der Waals surface area contributed by atoms with Gasteiger partial charge >= 0.3 is 0 Å². The third-order valence-corrected chi connectivity index (χ3v) is 3.88. The maximum absolute atomic E-state index is 3.68. The molecule has 0 aromatic heterocycles. The van der Waals surface area contributed by atoms with Crippen molar-refractivity contribution < 1.29 is 0 Å². The molecule has 94 valence electrons. The van der Waals surface area contributed by atoms with E-state index in [2.05, 4.69) is 58.3 Å². The molecule has 1 aliphatic rings. The highest BCUT2D eigenvalue weighted by Gasteiger charge is 2.27. The van der Waals surface area contributed by atoms with Crippen molar-refractivity contribution in [3.8, 4) is 0 Å². The molecule has 0 atom stereocenters. The molecule has 1 aliphatic carbocycles. The zero-order valence-electron chi connectivity index (χ0n) is 10.7. The van der Waals surface area contributed by atoms with Crippen LogP contribution in [0.1, 0.15) is 31.7 Å². The average Bonchev–Trinajstić information content (AvgIpc) is 3.13. The summed E-state index contributed by atoms with van der Waals surface area (Å²) in [5.41, 5.74) is 2.66. The minimum absolute atomic E-state index is 0.760. The molecule has 17 heavy (non-hydrogen) atoms. The standard InChI is InChI=1S/C14H21BrN2/c1-3-8-16-10-11-4-7-14(13(15)9-11)17(2)12-5-6-12/h4,7,9,12,16H,3,5-6,8,10H2,1-2H3. The Labute approximate surface area is 113 Å². The predicted octanol–water partition coefficient (Wildman–Crippen LogP) is 3.55. The van der Waals surface area contributed by atoms with Crippen molar-refractivity contribution in [2.45, 2.75) is 38.8 Å². The van der Waals surface area contributed by atoms with Crippen molar-refractivity contribution in [3.63, 3.8) is 0 Å². The molecule has 0 aliphatic heterocycles. The van der Waals surface area contributed by atoms with Gasteiger partial charge in [0.05, 0.1) is 5.69 Å². The van der Waals surface area contributed by atoms with E-state index in [-0.39, 0.29) is 0 Å². The second kappa shape index (κ2) is 5.87. The molecule has 0 amide bonds. The number of rotatable bonds is 6. The van der Waals surface area contributed by atoms with Gasteiger partial charge in [-0.1, -0.05) is 13.0 Å². The summed E-state index contributed by atoms with van der Waals surface area (Å²) in [5, 5.41) is 3.43. The Morgan fingerprint density at radius 2 is 2.18 bits per heavy atom. The second-order valence-electron chi connectivity index (χ2n) is 4.80. The fourth-order valence-corrected chi connectivity index (χ4v) is 2.72. The summed E-state index contributed by atoms with van der Waals surface area (Å²) in [5.74, 6) is 0. The molecule has 3 heteroatoms. The number of nitrogens with one attached hydrogen (secondary N) is 1. The van der Waals surface area contributed by atoms with Crippen LogP contribution in [0.25, 0.3) is 0 Å². The van der Waals surface area contributed by atoms with Gasteiger partial charge in [0.2, 0.25) is 0 Å². The Bertz CT molecular complexity index is 374. The van der Waals surface area contributed by atoms with Crippen LogP contribution in [0.3, 0.4) is 0 Å². The Morgan fingerprint density at radius 1 is 1.41 bits per heavy atom. The van der Waals surface area contributed by atoms with Crippen LogP contribution in [-0.4, -0.2) is 19.6 Å². The predicted molar refractivity (Wildman–Crippen MR) is 77.6 cm³/mol. The minimum atomic E-state index is 0.760. The molecule has 1 fully saturated rings. The van der Waals surface area contributed by atoms with Crippen LogP contribution in [0.15, 0.2) is 22.7 Å². The lowest BCUT2D eigenvalue weighted by Gasteiger charge is -2.20. The topological polar surface area (TPSA) is 15.3 Å². The number of halogens is 1. The first kappa shape index (κ1) is 12.9. The van der Waals surface area contributed by atoms with Gasteiger partial charge < -0.3 is 10.2 Å². The van der Waals surface area contributed by atoms with Crippen LogP contribution >= 0.6 is 15.9 Å². The highest BCUT2D eigenvalue weighted by atomic mass is 79.9. The fourth-order valence-electron chi connectivity index (χ4n) is 2.01. The third kappa shape index (κ3) is 3.46. The third-order valence-electron chi connectivity index (χ3n) is 3.24. The Hall–Kier alpha value is -0.540. The lowest BCUT2D eigenvalue weighted by atomic mass is 10.2. The van der Waals surface area contributed by atoms with E-state index < -0.39 is 0 Å². The zero-order valence-corrected chi connectivity index (χ0v) is 12.3. The summed E-state index contributed by atoms with van der Waals surface area (Å²) in [4.78, 5) is 2.38. The molecule has 1 N–H and O–H groups in total. The Kier molecular flexibility index (Phi) is 4.46. The number of anilines is 1. The van der Waals surface area contributed by atoms with Gasteiger partial charge in [0.1, 0.15) is 0 Å². The van der Waals surface area contributed by atoms with Crippen molar-refractivity contribution in [2.75, 3.05) is 18.5 Å². The van der Waals surface area contributed by atoms with Gasteiger partial charge in [-0.2, -0.15) is 0 Å². The first-order valence-corrected chi connectivity index (χ1v) is 7.23. The summed E-state index contributed by atoms with van der Waals surface area (Å²) < 4.78 is 1.21. The van der Waals surface area contributed by atoms with Gasteiger partial charge in [0.25, 0.3) is 0 Å². The van der Waals surface area contributed by atoms with E-state index in [1.165, 1.54) is 35.0 Å². The molecule has 0 bridgehead atoms. The average molecular weight is 297 g/mol. The van der Waals surface area contributed by atoms with Gasteiger partial charge in [0.15, 0.2) is 0 Å². The molecule has 0 spiro atoms. The molecule has 0 saturated heterocycles. The van der Waals surface area contributed by atoms with E-state index in [9.17, 15) is 0 Å². The smallest absolute Gasteiger partial charge is 0.0510 e. The summed E-state index contributed by atoms with van der Waals surface area (Å²) in [7, 11) is 2.19. The monoisotopic (exact) mass is 296 g/mol. The van der Waals surface area contributed by atoms with E-state index in [4.69, 9.17) is 0 Å². The molecular weight excluding hydrogens is 276 g/mol. The van der Waals surface area contributed by atoms with Gasteiger partial charge in [0, 0.05) is 24.1 Å². The molecule has 1 aromatic rings. The van der Waals surface area contributed by atoms with Crippen LogP contribution in [0, 0.1) is 0 Å². The summed E-state index contributed by atoms with van der Waals surface area (Å²) in [6.45, 7) is 4.23. The minimum Gasteiger partial charge on any atom is -0.371 e. The number of hydrogen-bond acceptors (Lipinski definition) is 2. The van der Waals surface area contributed by atoms with E-state index in [0.717, 1.165) is 19.1 Å². The second-order valence-corrected chi connectivity index (χ2v) is 5.66. The Morgan fingerprint density at radius 3 is 2.76 bits per heavy atom. The van der Waals surface area contributed by atoms with Gasteiger partial charge in [-0.3, -0.25) is 0 Å². The summed E-state index contributed by atoms with van der Waals surface area (Å²) >= 11 is 3.68. The molecule has 0 heterocycles. The van der Waals surface area contributed by atoms with Crippen LogP contribution in [0.4, 0.5) is 5.69 Å². The zero-order chi connectivity index (χ0) is 12.3. The normalized spacial score (nSPS) is 15.0. The molecule has 1 aromatic carbocycles. The van der Waals surface area contributed by atoms with Gasteiger partial charge in [-0.25, -0.2) is 0 Å². The number of benzene rings is 1. The molecule has 2 nitrogen and oxygen atoms in total. The SMILES string of the molecule is CCCNCc1ccc(N(C)C2CC2)c(Br)c1. The fraction of sp³-hybridized carbons (Fsp3) is 0.571. The van der Waals surface area contributed by atoms with Gasteiger partial charge in [-0.05, 0) is 59.4 Å². The molecule has 0 unspecified atom stereocenters. The van der Waals surface area contributed by atoms with E-state index in [1.807, 2.05) is 0 Å². The largest absolute Gasteiger partial charge is 0.371 e. The highest BCUT2D eigenvalue weighted by Crippen LogP contribution is 2.34. The summed E-state index contributed by atoms with van der Waals surface area (Å²) in [6.07, 6.45) is 3.86. The maximum atomic E-state index is 3.68. The molecule has 0 radical (unpaired) electrons. The van der Waals surface area contributed by atoms with Crippen molar-refractivity contribution in [2.24, 2.45) is 0 Å². The van der Waals surface area contributed by atoms with E-state index in [1.54, 1.807) is 0 Å². The van der Waals surface area contributed by atoms with E-state index >= 15 is 0 Å². The molecular formula is C14H21BrN2. The van der Waals surface area contributed by atoms with Crippen LogP contribution in [0.2, 0.25) is 0 Å². The first-order chi connectivity index (χ1) is 8.22. The number of hydrogen-bond donors (Lipinski definition) is 1. The van der Waals surface area contributed by atoms with Crippen LogP contribution in [0.5, 0.6) is 0 Å². The Balaban J connectivity index is 2.00. The van der Waals surface area contributed by atoms with E-state index in [0.29, 0.717) is 0 Å². The lowest BCUT2D eigenvalue weighted by Crippen LogP contribution is -2.20. The quantitative estimate of drug-likeness (QED) is 0.808. The molecule has 2 rings (SSSR count). The molecule has 1 saturated carbocycles. The number of nitrogens with zero attached hydrogens (tertiary/aromatic N) is 1. The van der Waals surface area contributed by atoms with Crippen molar-refractivity contribution in [1.82, 2.24) is 5.32 Å². The van der Waals surface area contributed by atoms with Crippen molar-refractivity contribution in [3.05, 3.63) is 28.2 Å². The van der Waals surface area contributed by atoms with Crippen LogP contribution < -0.4 is 10.2 Å². The first-order valence-electron chi connectivity index (χ1n) is 6.44. The van der Waals surface area contributed by atoms with Crippen LogP contribution in [-0.2, 0) is 6.54 Å². The van der Waals surface area contributed by atoms with Crippen molar-refractivity contribution in [1.29, 1.82) is 0 Å². The van der Waals surface area contributed by atoms with Crippen molar-refractivity contribution >= 4 is 21.6 Å². The van der Waals surface area contributed by atoms with Gasteiger partial charge in [-0.15, -0.1) is 0 Å². The summed E-state index contributed by atoms with van der Waals surface area (Å²) in [6, 6.07) is 7.44.